The quantitative estimate of drug-likeness (QED) is 0.812. The van der Waals surface area contributed by atoms with Gasteiger partial charge in [-0.1, -0.05) is 32.9 Å². The Morgan fingerprint density at radius 1 is 1.14 bits per heavy atom. The zero-order chi connectivity index (χ0) is 16.0. The van der Waals surface area contributed by atoms with Crippen LogP contribution in [0, 0.1) is 5.41 Å². The molecule has 3 N–H and O–H groups in total. The van der Waals surface area contributed by atoms with Gasteiger partial charge in [0, 0.05) is 0 Å². The Hall–Kier alpha value is -2.21. The van der Waals surface area contributed by atoms with Crippen molar-refractivity contribution in [2.75, 3.05) is 6.54 Å². The number of carbonyl (C=O) groups is 3. The van der Waals surface area contributed by atoms with Gasteiger partial charge in [0.05, 0.1) is 17.7 Å². The molecule has 1 aromatic carbocycles. The van der Waals surface area contributed by atoms with E-state index in [1.807, 2.05) is 0 Å². The van der Waals surface area contributed by atoms with Crippen LogP contribution in [-0.2, 0) is 4.79 Å². The topological polar surface area (TPSA) is 101 Å². The first kappa shape index (κ1) is 15.2. The van der Waals surface area contributed by atoms with Crippen LogP contribution in [0.5, 0.6) is 0 Å². The first-order valence-electron chi connectivity index (χ1n) is 6.57. The predicted octanol–water partition coefficient (Wildman–Crippen LogP) is 1.11. The van der Waals surface area contributed by atoms with Crippen molar-refractivity contribution in [2.24, 2.45) is 11.1 Å². The van der Waals surface area contributed by atoms with Gasteiger partial charge in [0.2, 0.25) is 0 Å². The van der Waals surface area contributed by atoms with Crippen LogP contribution in [0.1, 0.15) is 41.5 Å². The van der Waals surface area contributed by atoms with Crippen molar-refractivity contribution in [1.82, 2.24) is 4.90 Å². The number of nitrogens with zero attached hydrogens (tertiary/aromatic N) is 1. The van der Waals surface area contributed by atoms with E-state index in [0.29, 0.717) is 0 Å². The molecule has 0 radical (unpaired) electrons. The standard InChI is InChI=1S/C15H18N2O4/c1-14(2,3)15(16,13(20)21)8-17-11(18)9-6-4-5-7-10(9)12(17)19/h4-7H,8,16H2,1-3H3,(H,20,21)/t15-/m1/s1. The Kier molecular flexibility index (Phi) is 3.37. The van der Waals surface area contributed by atoms with E-state index in [1.54, 1.807) is 45.0 Å². The zero-order valence-electron chi connectivity index (χ0n) is 12.2. The fourth-order valence-corrected chi connectivity index (χ4v) is 2.26. The smallest absolute Gasteiger partial charge is 0.326 e. The summed E-state index contributed by atoms with van der Waals surface area (Å²) in [4.78, 5) is 37.1. The number of fused-ring (bicyclic) bond motifs is 1. The molecule has 0 aromatic heterocycles. The number of carboxylic acid groups (broad SMARTS) is 1. The monoisotopic (exact) mass is 290 g/mol. The third-order valence-electron chi connectivity index (χ3n) is 4.01. The highest BCUT2D eigenvalue weighted by Crippen LogP contribution is 2.32. The highest BCUT2D eigenvalue weighted by atomic mass is 16.4. The van der Waals surface area contributed by atoms with Crippen LogP contribution in [0.15, 0.2) is 24.3 Å². The van der Waals surface area contributed by atoms with Crippen LogP contribution < -0.4 is 5.73 Å². The molecule has 112 valence electrons. The van der Waals surface area contributed by atoms with Crippen LogP contribution in [-0.4, -0.2) is 39.9 Å². The minimum Gasteiger partial charge on any atom is -0.480 e. The van der Waals surface area contributed by atoms with Crippen molar-refractivity contribution in [1.29, 1.82) is 0 Å². The first-order chi connectivity index (χ1) is 9.59. The van der Waals surface area contributed by atoms with Crippen molar-refractivity contribution < 1.29 is 19.5 Å². The number of nitrogens with two attached hydrogens (primary N) is 1. The lowest BCUT2D eigenvalue weighted by Gasteiger charge is -2.39. The van der Waals surface area contributed by atoms with Crippen molar-refractivity contribution in [2.45, 2.75) is 26.3 Å². The highest BCUT2D eigenvalue weighted by Gasteiger charge is 2.50. The third kappa shape index (κ3) is 2.21. The summed E-state index contributed by atoms with van der Waals surface area (Å²) < 4.78 is 0. The largest absolute Gasteiger partial charge is 0.480 e. The lowest BCUT2D eigenvalue weighted by atomic mass is 9.74. The molecule has 1 aromatic rings. The SMILES string of the molecule is CC(C)(C)[C@@](N)(CN1C(=O)c2ccccc2C1=O)C(=O)O. The summed E-state index contributed by atoms with van der Waals surface area (Å²) in [6.45, 7) is 4.63. The van der Waals surface area contributed by atoms with E-state index in [1.165, 1.54) is 0 Å². The van der Waals surface area contributed by atoms with Gasteiger partial charge in [0.1, 0.15) is 5.54 Å². The Morgan fingerprint density at radius 3 is 1.90 bits per heavy atom. The summed E-state index contributed by atoms with van der Waals surface area (Å²) in [7, 11) is 0. The van der Waals surface area contributed by atoms with Crippen molar-refractivity contribution in [3.05, 3.63) is 35.4 Å². The van der Waals surface area contributed by atoms with Gasteiger partial charge in [-0.05, 0) is 17.5 Å². The van der Waals surface area contributed by atoms with Gasteiger partial charge in [0.25, 0.3) is 11.8 Å². The van der Waals surface area contributed by atoms with Gasteiger partial charge in [-0.2, -0.15) is 0 Å². The molecule has 0 saturated carbocycles. The predicted molar refractivity (Wildman–Crippen MR) is 75.8 cm³/mol. The first-order valence-corrected chi connectivity index (χ1v) is 6.57. The van der Waals surface area contributed by atoms with E-state index < -0.39 is 28.7 Å². The Balaban J connectivity index is 2.40. The zero-order valence-corrected chi connectivity index (χ0v) is 12.2. The van der Waals surface area contributed by atoms with E-state index in [0.717, 1.165) is 4.90 Å². The molecule has 0 saturated heterocycles. The van der Waals surface area contributed by atoms with Crippen LogP contribution in [0.4, 0.5) is 0 Å². The summed E-state index contributed by atoms with van der Waals surface area (Å²) in [6.07, 6.45) is 0. The van der Waals surface area contributed by atoms with Crippen LogP contribution in [0.2, 0.25) is 0 Å². The van der Waals surface area contributed by atoms with E-state index in [4.69, 9.17) is 5.73 Å². The highest BCUT2D eigenvalue weighted by molar-refractivity contribution is 6.21. The second-order valence-corrected chi connectivity index (χ2v) is 6.27. The molecule has 0 aliphatic carbocycles. The number of carboxylic acids is 1. The summed E-state index contributed by atoms with van der Waals surface area (Å²) in [6, 6.07) is 6.41. The van der Waals surface area contributed by atoms with Crippen molar-refractivity contribution in [3.63, 3.8) is 0 Å². The normalized spacial score (nSPS) is 17.6. The number of benzene rings is 1. The van der Waals surface area contributed by atoms with Gasteiger partial charge in [-0.25, -0.2) is 0 Å². The Morgan fingerprint density at radius 2 is 1.57 bits per heavy atom. The Bertz CT molecular complexity index is 598. The maximum Gasteiger partial charge on any atom is 0.326 e. The summed E-state index contributed by atoms with van der Waals surface area (Å²) in [5.74, 6) is -2.25. The average molecular weight is 290 g/mol. The molecule has 6 nitrogen and oxygen atoms in total. The fourth-order valence-electron chi connectivity index (χ4n) is 2.26. The van der Waals surface area contributed by atoms with E-state index in [-0.39, 0.29) is 17.7 Å². The molecule has 1 aliphatic rings. The molecule has 2 amide bonds. The molecule has 6 heteroatoms. The molecule has 1 atom stereocenters. The summed E-state index contributed by atoms with van der Waals surface area (Å²) in [5.41, 5.74) is 4.03. The maximum absolute atomic E-state index is 12.3. The number of aliphatic carboxylic acids is 1. The van der Waals surface area contributed by atoms with Crippen LogP contribution in [0.3, 0.4) is 0 Å². The number of imide groups is 1. The van der Waals surface area contributed by atoms with E-state index >= 15 is 0 Å². The fraction of sp³-hybridized carbons (Fsp3) is 0.400. The van der Waals surface area contributed by atoms with Gasteiger partial charge < -0.3 is 10.8 Å². The van der Waals surface area contributed by atoms with Gasteiger partial charge in [0.15, 0.2) is 0 Å². The summed E-state index contributed by atoms with van der Waals surface area (Å²) in [5, 5.41) is 9.44. The van der Waals surface area contributed by atoms with Gasteiger partial charge in [-0.3, -0.25) is 19.3 Å². The molecular formula is C15H18N2O4. The molecule has 2 rings (SSSR count). The van der Waals surface area contributed by atoms with Crippen LogP contribution in [0.25, 0.3) is 0 Å². The maximum atomic E-state index is 12.3. The number of carbonyl (C=O) groups excluding carboxylic acids is 2. The number of amides is 2. The number of hydrogen-bond acceptors (Lipinski definition) is 4. The number of rotatable bonds is 3. The lowest BCUT2D eigenvalue weighted by Crippen LogP contribution is -2.64. The minimum absolute atomic E-state index is 0.282. The molecule has 0 fully saturated rings. The second-order valence-electron chi connectivity index (χ2n) is 6.27. The van der Waals surface area contributed by atoms with Crippen LogP contribution >= 0.6 is 0 Å². The van der Waals surface area contributed by atoms with Gasteiger partial charge in [-0.15, -0.1) is 0 Å². The molecule has 0 bridgehead atoms. The van der Waals surface area contributed by atoms with Crippen molar-refractivity contribution >= 4 is 17.8 Å². The minimum atomic E-state index is -1.72. The lowest BCUT2D eigenvalue weighted by molar-refractivity contribution is -0.148. The molecule has 0 unspecified atom stereocenters. The number of hydrogen-bond donors (Lipinski definition) is 2. The van der Waals surface area contributed by atoms with Crippen molar-refractivity contribution in [3.8, 4) is 0 Å². The average Bonchev–Trinajstić information content (AvgIpc) is 2.63. The molecular weight excluding hydrogens is 272 g/mol. The van der Waals surface area contributed by atoms with E-state index in [9.17, 15) is 19.5 Å². The Labute approximate surface area is 122 Å². The summed E-state index contributed by atoms with van der Waals surface area (Å²) >= 11 is 0. The van der Waals surface area contributed by atoms with Gasteiger partial charge >= 0.3 is 5.97 Å². The van der Waals surface area contributed by atoms with E-state index in [2.05, 4.69) is 0 Å². The molecule has 1 heterocycles. The molecule has 1 aliphatic heterocycles. The molecule has 21 heavy (non-hydrogen) atoms. The molecule has 0 spiro atoms. The second kappa shape index (κ2) is 4.66. The third-order valence-corrected chi connectivity index (χ3v) is 4.01.